The molecule has 0 spiro atoms. The first kappa shape index (κ1) is 22.0. The molecule has 1 aromatic carbocycles. The van der Waals surface area contributed by atoms with E-state index in [4.69, 9.17) is 4.74 Å². The Labute approximate surface area is 195 Å². The van der Waals surface area contributed by atoms with E-state index in [-0.39, 0.29) is 23.7 Å². The molecular weight excluding hydrogens is 443 g/mol. The van der Waals surface area contributed by atoms with Crippen LogP contribution in [0.25, 0.3) is 0 Å². The van der Waals surface area contributed by atoms with E-state index in [0.29, 0.717) is 31.2 Å². The lowest BCUT2D eigenvalue weighted by Gasteiger charge is -2.36. The van der Waals surface area contributed by atoms with E-state index >= 15 is 0 Å². The average molecular weight is 468 g/mol. The van der Waals surface area contributed by atoms with Crippen LogP contribution < -0.4 is 19.9 Å². The second-order valence-corrected chi connectivity index (χ2v) is 8.48. The van der Waals surface area contributed by atoms with Crippen molar-refractivity contribution in [2.24, 2.45) is 0 Å². The van der Waals surface area contributed by atoms with Gasteiger partial charge >= 0.3 is 11.8 Å². The van der Waals surface area contributed by atoms with Gasteiger partial charge in [0.25, 0.3) is 0 Å². The number of fused-ring (bicyclic) bond motifs is 1. The van der Waals surface area contributed by atoms with Crippen LogP contribution in [0, 0.1) is 22.9 Å². The first-order valence-corrected chi connectivity index (χ1v) is 11.1. The summed E-state index contributed by atoms with van der Waals surface area (Å²) in [5.74, 6) is 0.292. The number of halogens is 1. The van der Waals surface area contributed by atoms with Crippen molar-refractivity contribution in [3.05, 3.63) is 63.8 Å². The van der Waals surface area contributed by atoms with Crippen molar-refractivity contribution in [1.29, 1.82) is 0 Å². The van der Waals surface area contributed by atoms with Crippen LogP contribution in [0.5, 0.6) is 6.01 Å². The average Bonchev–Trinajstić information content (AvgIpc) is 3.29. The molecule has 5 rings (SSSR count). The third-order valence-electron chi connectivity index (χ3n) is 6.10. The van der Waals surface area contributed by atoms with Crippen molar-refractivity contribution in [3.63, 3.8) is 0 Å². The summed E-state index contributed by atoms with van der Waals surface area (Å²) in [7, 11) is 0. The molecule has 3 aromatic rings. The summed E-state index contributed by atoms with van der Waals surface area (Å²) < 4.78 is 20.7. The van der Waals surface area contributed by atoms with Gasteiger partial charge in [-0.3, -0.25) is 4.57 Å². The maximum Gasteiger partial charge on any atom is 0.414 e. The molecular formula is C22H25FN8O3. The van der Waals surface area contributed by atoms with Gasteiger partial charge in [0.15, 0.2) is 0 Å². The Morgan fingerprint density at radius 3 is 2.65 bits per heavy atom. The van der Waals surface area contributed by atoms with Crippen LogP contribution in [0.3, 0.4) is 0 Å². The van der Waals surface area contributed by atoms with Gasteiger partial charge in [-0.1, -0.05) is 0 Å². The molecule has 2 aliphatic rings. The zero-order valence-electron chi connectivity index (χ0n) is 18.7. The lowest BCUT2D eigenvalue weighted by molar-refractivity contribution is -0.389. The van der Waals surface area contributed by atoms with Gasteiger partial charge in [0.05, 0.1) is 6.04 Å². The second kappa shape index (κ2) is 9.21. The molecule has 1 fully saturated rings. The fraction of sp³-hybridized carbons (Fsp3) is 0.409. The van der Waals surface area contributed by atoms with Gasteiger partial charge in [-0.15, -0.1) is 0 Å². The molecule has 0 saturated carbocycles. The monoisotopic (exact) mass is 468 g/mol. The molecule has 0 amide bonds. The highest BCUT2D eigenvalue weighted by Gasteiger charge is 2.27. The number of ether oxygens (including phenoxy) is 1. The number of benzene rings is 1. The molecule has 2 aromatic heterocycles. The molecule has 12 heteroatoms. The number of hydrogen-bond acceptors (Lipinski definition) is 9. The van der Waals surface area contributed by atoms with Crippen LogP contribution >= 0.6 is 0 Å². The molecule has 1 unspecified atom stereocenters. The van der Waals surface area contributed by atoms with Gasteiger partial charge in [0, 0.05) is 67.9 Å². The van der Waals surface area contributed by atoms with Gasteiger partial charge < -0.3 is 30.0 Å². The number of imidazole rings is 1. The van der Waals surface area contributed by atoms with Crippen molar-refractivity contribution in [2.45, 2.75) is 26.1 Å². The molecule has 11 nitrogen and oxygen atoms in total. The van der Waals surface area contributed by atoms with Crippen molar-refractivity contribution in [1.82, 2.24) is 24.8 Å². The predicted molar refractivity (Wildman–Crippen MR) is 123 cm³/mol. The number of piperazine rings is 1. The Morgan fingerprint density at radius 1 is 1.21 bits per heavy atom. The zero-order valence-corrected chi connectivity index (χ0v) is 18.7. The normalized spacial score (nSPS) is 17.9. The summed E-state index contributed by atoms with van der Waals surface area (Å²) in [6.07, 6.45) is 5.00. The lowest BCUT2D eigenvalue weighted by Crippen LogP contribution is -2.47. The molecule has 1 N–H and O–H groups in total. The van der Waals surface area contributed by atoms with Crippen molar-refractivity contribution < 1.29 is 14.1 Å². The Balaban J connectivity index is 1.12. The Bertz CT molecular complexity index is 1180. The molecule has 0 radical (unpaired) electrons. The van der Waals surface area contributed by atoms with Gasteiger partial charge in [-0.2, -0.15) is 0 Å². The number of aromatic nitrogens is 4. The smallest absolute Gasteiger partial charge is 0.414 e. The van der Waals surface area contributed by atoms with Crippen LogP contribution in [0.2, 0.25) is 0 Å². The first-order valence-electron chi connectivity index (χ1n) is 11.1. The summed E-state index contributed by atoms with van der Waals surface area (Å²) in [6, 6.07) is 5.49. The molecule has 2 aliphatic heterocycles. The molecule has 0 bridgehead atoms. The van der Waals surface area contributed by atoms with E-state index in [0.717, 1.165) is 37.4 Å². The number of anilines is 2. The van der Waals surface area contributed by atoms with Crippen LogP contribution in [0.15, 0.2) is 36.8 Å². The molecule has 178 valence electrons. The van der Waals surface area contributed by atoms with E-state index in [2.05, 4.69) is 30.1 Å². The number of nitro groups is 1. The van der Waals surface area contributed by atoms with E-state index in [1.165, 1.54) is 12.3 Å². The second-order valence-electron chi connectivity index (χ2n) is 8.48. The lowest BCUT2D eigenvalue weighted by atomic mass is 10.2. The minimum atomic E-state index is -0.528. The molecule has 34 heavy (non-hydrogen) atoms. The Hall–Kier alpha value is -3.80. The largest absolute Gasteiger partial charge is 0.444 e. The van der Waals surface area contributed by atoms with E-state index in [9.17, 15) is 14.5 Å². The number of aryl methyl sites for hydroxylation is 1. The first-order chi connectivity index (χ1) is 16.5. The summed E-state index contributed by atoms with van der Waals surface area (Å²) >= 11 is 0. The van der Waals surface area contributed by atoms with Crippen LogP contribution in [-0.4, -0.2) is 63.3 Å². The van der Waals surface area contributed by atoms with Crippen molar-refractivity contribution in [2.75, 3.05) is 42.6 Å². The van der Waals surface area contributed by atoms with Crippen molar-refractivity contribution in [3.8, 4) is 6.01 Å². The van der Waals surface area contributed by atoms with E-state index in [1.54, 1.807) is 11.5 Å². The summed E-state index contributed by atoms with van der Waals surface area (Å²) in [5, 5.41) is 14.3. The highest BCUT2D eigenvalue weighted by Crippen LogP contribution is 2.22. The number of hydrogen-bond donors (Lipinski definition) is 1. The topological polar surface area (TPSA) is 114 Å². The highest BCUT2D eigenvalue weighted by atomic mass is 19.1. The fourth-order valence-corrected chi connectivity index (χ4v) is 4.16. The van der Waals surface area contributed by atoms with Crippen LogP contribution in [0.4, 0.5) is 21.8 Å². The molecule has 1 saturated heterocycles. The Kier molecular flexibility index (Phi) is 5.97. The van der Waals surface area contributed by atoms with Gasteiger partial charge in [0.2, 0.25) is 5.95 Å². The third-order valence-corrected chi connectivity index (χ3v) is 6.10. The minimum Gasteiger partial charge on any atom is -0.444 e. The van der Waals surface area contributed by atoms with Gasteiger partial charge in [0.1, 0.15) is 18.6 Å². The maximum atomic E-state index is 13.5. The van der Waals surface area contributed by atoms with Crippen LogP contribution in [0.1, 0.15) is 11.1 Å². The molecule has 1 atom stereocenters. The quantitative estimate of drug-likeness (QED) is 0.428. The number of nitrogens with one attached hydrogen (secondary N) is 1. The molecule has 0 aliphatic carbocycles. The van der Waals surface area contributed by atoms with Crippen molar-refractivity contribution >= 4 is 17.5 Å². The fourth-order valence-electron chi connectivity index (χ4n) is 4.16. The zero-order chi connectivity index (χ0) is 23.7. The summed E-state index contributed by atoms with van der Waals surface area (Å²) in [4.78, 5) is 27.7. The third kappa shape index (κ3) is 4.62. The van der Waals surface area contributed by atoms with Gasteiger partial charge in [-0.25, -0.2) is 14.4 Å². The minimum absolute atomic E-state index is 0.0100. The predicted octanol–water partition coefficient (Wildman–Crippen LogP) is 1.91. The van der Waals surface area contributed by atoms with E-state index in [1.807, 2.05) is 24.5 Å². The van der Waals surface area contributed by atoms with Crippen LogP contribution in [-0.2, 0) is 13.1 Å². The SMILES string of the molecule is Cc1cc(N2CCN(c3ncc(CNC4COc5nc([N+](=O)[O-])cn5C4)cn3)CC2)ccc1F. The summed E-state index contributed by atoms with van der Waals surface area (Å²) in [6.45, 7) is 6.44. The van der Waals surface area contributed by atoms with E-state index < -0.39 is 4.92 Å². The maximum absolute atomic E-state index is 13.5. The summed E-state index contributed by atoms with van der Waals surface area (Å²) in [5.41, 5.74) is 2.62. The molecule has 4 heterocycles. The van der Waals surface area contributed by atoms with Gasteiger partial charge in [-0.05, 0) is 35.6 Å². The number of nitrogens with zero attached hydrogens (tertiary/aromatic N) is 7. The Morgan fingerprint density at radius 2 is 1.94 bits per heavy atom. The highest BCUT2D eigenvalue weighted by molar-refractivity contribution is 5.50. The number of rotatable bonds is 6. The standard InChI is InChI=1S/C22H25FN8O3/c1-15-8-18(2-3-19(15)23)28-4-6-29(7-5-28)21-25-10-16(11-26-21)9-24-17-12-30-13-20(31(32)33)27-22(30)34-14-17/h2-3,8,10-11,13,17,24H,4-7,9,12,14H2,1H3.